The number of hydrogen-bond donors (Lipinski definition) is 0. The van der Waals surface area contributed by atoms with Crippen LogP contribution in [-0.2, 0) is 4.74 Å². The number of halogens is 4. The molecule has 0 unspecified atom stereocenters. The van der Waals surface area contributed by atoms with E-state index in [1.54, 1.807) is 20.8 Å². The number of carbonyl (C=O) groups excluding carboxylic acids is 1. The normalized spacial score (nSPS) is 19.7. The summed E-state index contributed by atoms with van der Waals surface area (Å²) < 4.78 is 53.5. The number of alkyl halides is 1. The van der Waals surface area contributed by atoms with Crippen LogP contribution >= 0.6 is 11.4 Å². The Morgan fingerprint density at radius 1 is 1.27 bits per heavy atom. The van der Waals surface area contributed by atoms with Crippen LogP contribution in [0.5, 0.6) is 0 Å². The third kappa shape index (κ3) is 8.67. The largest absolute Gasteiger partial charge is 0.444 e. The Labute approximate surface area is 132 Å². The quantitative estimate of drug-likeness (QED) is 0.694. The lowest BCUT2D eigenvalue weighted by atomic mass is 10.2. The van der Waals surface area contributed by atoms with E-state index in [0.29, 0.717) is 17.3 Å². The lowest BCUT2D eigenvalue weighted by Gasteiger charge is -2.23. The molecule has 0 bridgehead atoms. The second-order valence-corrected chi connectivity index (χ2v) is 7.09. The first kappa shape index (κ1) is 21.3. The van der Waals surface area contributed by atoms with Crippen LogP contribution in [0.3, 0.4) is 0 Å². The van der Waals surface area contributed by atoms with E-state index in [2.05, 4.69) is 0 Å². The Morgan fingerprint density at radius 2 is 1.77 bits per heavy atom. The highest BCUT2D eigenvalue weighted by molar-refractivity contribution is 8.18. The zero-order chi connectivity index (χ0) is 17.6. The summed E-state index contributed by atoms with van der Waals surface area (Å²) in [7, 11) is 0. The van der Waals surface area contributed by atoms with Crippen molar-refractivity contribution < 1.29 is 25.6 Å². The predicted molar refractivity (Wildman–Crippen MR) is 81.2 cm³/mol. The van der Waals surface area contributed by atoms with E-state index < -0.39 is 29.2 Å². The molecule has 1 saturated heterocycles. The molecule has 1 heterocycles. The SMILES string of the molecule is CC(C)(C)OC(=O)N1CC[C@H](F)C1.CCN(CC)S(F)(F)F. The summed E-state index contributed by atoms with van der Waals surface area (Å²) in [5.41, 5.74) is -0.495. The van der Waals surface area contributed by atoms with Gasteiger partial charge in [-0.15, -0.1) is 11.7 Å². The summed E-state index contributed by atoms with van der Waals surface area (Å²) >= 11 is -4.93. The first-order valence-corrected chi connectivity index (χ1v) is 8.49. The van der Waals surface area contributed by atoms with Gasteiger partial charge in [-0.25, -0.2) is 9.18 Å². The van der Waals surface area contributed by atoms with E-state index in [9.17, 15) is 20.8 Å². The predicted octanol–water partition coefficient (Wildman–Crippen LogP) is 4.67. The van der Waals surface area contributed by atoms with Crippen LogP contribution in [-0.4, -0.2) is 53.3 Å². The van der Waals surface area contributed by atoms with Gasteiger partial charge in [0.25, 0.3) is 11.4 Å². The minimum atomic E-state index is -4.93. The average molecular weight is 350 g/mol. The Balaban J connectivity index is 0.000000433. The molecule has 0 saturated carbocycles. The molecule has 9 heteroatoms. The van der Waals surface area contributed by atoms with Crippen molar-refractivity contribution in [1.82, 2.24) is 9.21 Å². The molecule has 0 aromatic carbocycles. The van der Waals surface area contributed by atoms with Gasteiger partial charge in [-0.1, -0.05) is 13.8 Å². The summed E-state index contributed by atoms with van der Waals surface area (Å²) in [6, 6.07) is 0. The van der Waals surface area contributed by atoms with Gasteiger partial charge in [0, 0.05) is 19.6 Å². The highest BCUT2D eigenvalue weighted by Crippen LogP contribution is 2.55. The van der Waals surface area contributed by atoms with Gasteiger partial charge in [-0.3, -0.25) is 0 Å². The molecule has 0 aromatic rings. The second-order valence-electron chi connectivity index (χ2n) is 5.81. The number of amides is 1. The lowest BCUT2D eigenvalue weighted by Crippen LogP contribution is -2.35. The molecule has 1 aliphatic heterocycles. The first-order chi connectivity index (χ1) is 9.90. The van der Waals surface area contributed by atoms with Crippen LogP contribution in [0.2, 0.25) is 0 Å². The molecule has 4 nitrogen and oxygen atoms in total. The van der Waals surface area contributed by atoms with E-state index in [4.69, 9.17) is 4.74 Å². The third-order valence-corrected chi connectivity index (χ3v) is 3.88. The molecule has 1 aliphatic rings. The summed E-state index contributed by atoms with van der Waals surface area (Å²) in [4.78, 5) is 12.8. The second kappa shape index (κ2) is 8.81. The Kier molecular flexibility index (Phi) is 8.53. The minimum absolute atomic E-state index is 0.0648. The molecule has 0 spiro atoms. The zero-order valence-corrected chi connectivity index (χ0v) is 14.6. The van der Waals surface area contributed by atoms with Crippen molar-refractivity contribution in [3.63, 3.8) is 0 Å². The number of ether oxygens (including phenoxy) is 1. The molecule has 22 heavy (non-hydrogen) atoms. The minimum Gasteiger partial charge on any atom is -0.444 e. The van der Waals surface area contributed by atoms with Crippen molar-refractivity contribution >= 4 is 17.5 Å². The van der Waals surface area contributed by atoms with E-state index in [0.717, 1.165) is 0 Å². The fourth-order valence-electron chi connectivity index (χ4n) is 1.73. The van der Waals surface area contributed by atoms with Crippen molar-refractivity contribution in [2.75, 3.05) is 26.2 Å². The Hall–Kier alpha value is -0.700. The third-order valence-electron chi connectivity index (χ3n) is 2.78. The van der Waals surface area contributed by atoms with E-state index in [1.165, 1.54) is 18.7 Å². The fourth-order valence-corrected chi connectivity index (χ4v) is 2.31. The Morgan fingerprint density at radius 3 is 2.00 bits per heavy atom. The summed E-state index contributed by atoms with van der Waals surface area (Å²) in [5, 5.41) is 0. The van der Waals surface area contributed by atoms with Gasteiger partial charge in [0.2, 0.25) is 0 Å². The van der Waals surface area contributed by atoms with Crippen molar-refractivity contribution in [3.8, 4) is 0 Å². The number of likely N-dealkylation sites (tertiary alicyclic amines) is 1. The molecule has 0 aromatic heterocycles. The maximum absolute atomic E-state index is 12.7. The van der Waals surface area contributed by atoms with E-state index >= 15 is 0 Å². The number of hydrogen-bond acceptors (Lipinski definition) is 3. The van der Waals surface area contributed by atoms with Crippen molar-refractivity contribution in [2.24, 2.45) is 0 Å². The van der Waals surface area contributed by atoms with Gasteiger partial charge >= 0.3 is 6.09 Å². The smallest absolute Gasteiger partial charge is 0.410 e. The van der Waals surface area contributed by atoms with Gasteiger partial charge in [0.05, 0.1) is 6.54 Å². The molecule has 0 N–H and O–H groups in total. The summed E-state index contributed by atoms with van der Waals surface area (Å²) in [6.45, 7) is 9.18. The molecule has 1 rings (SSSR count). The van der Waals surface area contributed by atoms with Gasteiger partial charge < -0.3 is 9.64 Å². The van der Waals surface area contributed by atoms with Crippen molar-refractivity contribution in [3.05, 3.63) is 0 Å². The van der Waals surface area contributed by atoms with Crippen LogP contribution in [0.4, 0.5) is 20.8 Å². The average Bonchev–Trinajstić information content (AvgIpc) is 2.74. The Bertz CT molecular complexity index is 344. The standard InChI is InChI=1S/C9H16FNO2.C4H10F3NS/c1-9(2,3)13-8(12)11-5-4-7(10)6-11;1-3-8(4-2)9(5,6)7/h7H,4-6H2,1-3H3;3-4H2,1-2H3/t7-;/m0./s1. The van der Waals surface area contributed by atoms with E-state index in [1.807, 2.05) is 0 Å². The van der Waals surface area contributed by atoms with Gasteiger partial charge in [0.1, 0.15) is 11.8 Å². The summed E-state index contributed by atoms with van der Waals surface area (Å²) in [6.07, 6.45) is -0.862. The van der Waals surface area contributed by atoms with Crippen LogP contribution in [0.25, 0.3) is 0 Å². The maximum Gasteiger partial charge on any atom is 0.410 e. The van der Waals surface area contributed by atoms with Crippen LogP contribution < -0.4 is 0 Å². The molecule has 134 valence electrons. The van der Waals surface area contributed by atoms with Crippen LogP contribution in [0.15, 0.2) is 0 Å². The van der Waals surface area contributed by atoms with E-state index in [-0.39, 0.29) is 19.6 Å². The highest BCUT2D eigenvalue weighted by atomic mass is 32.3. The molecular formula is C13H26F4N2O2S. The van der Waals surface area contributed by atoms with Crippen molar-refractivity contribution in [2.45, 2.75) is 52.8 Å². The summed E-state index contributed by atoms with van der Waals surface area (Å²) in [5.74, 6) is 0. The first-order valence-electron chi connectivity index (χ1n) is 7.20. The number of carbonyl (C=O) groups is 1. The number of nitrogens with zero attached hydrogens (tertiary/aromatic N) is 2. The topological polar surface area (TPSA) is 32.8 Å². The molecule has 0 aliphatic carbocycles. The lowest BCUT2D eigenvalue weighted by molar-refractivity contribution is 0.0284. The molecular weight excluding hydrogens is 324 g/mol. The highest BCUT2D eigenvalue weighted by Gasteiger charge is 2.29. The van der Waals surface area contributed by atoms with Crippen LogP contribution in [0, 0.1) is 0 Å². The van der Waals surface area contributed by atoms with Gasteiger partial charge in [-0.05, 0) is 27.2 Å². The molecule has 0 radical (unpaired) electrons. The molecule has 1 atom stereocenters. The molecule has 1 fully saturated rings. The number of rotatable bonds is 3. The maximum atomic E-state index is 12.7. The fraction of sp³-hybridized carbons (Fsp3) is 0.923. The van der Waals surface area contributed by atoms with Crippen LogP contribution in [0.1, 0.15) is 41.0 Å². The van der Waals surface area contributed by atoms with Crippen molar-refractivity contribution in [1.29, 1.82) is 0 Å². The molecule has 1 amide bonds. The monoisotopic (exact) mass is 350 g/mol. The zero-order valence-electron chi connectivity index (χ0n) is 13.7. The van der Waals surface area contributed by atoms with Gasteiger partial charge in [0.15, 0.2) is 0 Å². The van der Waals surface area contributed by atoms with Gasteiger partial charge in [-0.2, -0.15) is 4.31 Å².